The molecular formula is C11H8F4O. The monoisotopic (exact) mass is 232 g/mol. The smallest absolute Gasteiger partial charge is 0.289 e. The Kier molecular flexibility index (Phi) is 3.16. The van der Waals surface area contributed by atoms with Crippen molar-refractivity contribution < 1.29 is 22.4 Å². The molecule has 0 atom stereocenters. The van der Waals surface area contributed by atoms with Gasteiger partial charge < -0.3 is 0 Å². The van der Waals surface area contributed by atoms with Crippen molar-refractivity contribution in [2.75, 3.05) is 0 Å². The molecule has 0 saturated carbocycles. The van der Waals surface area contributed by atoms with Crippen molar-refractivity contribution in [3.8, 4) is 0 Å². The summed E-state index contributed by atoms with van der Waals surface area (Å²) in [4.78, 5) is 11.3. The van der Waals surface area contributed by atoms with Crippen LogP contribution < -0.4 is 0 Å². The van der Waals surface area contributed by atoms with Crippen LogP contribution in [-0.2, 0) is 6.18 Å². The molecule has 0 bridgehead atoms. The van der Waals surface area contributed by atoms with Crippen molar-refractivity contribution in [2.45, 2.75) is 13.1 Å². The predicted molar refractivity (Wildman–Crippen MR) is 50.5 cm³/mol. The standard InChI is InChI=1S/C11H8F4O/c1-6(2)10(16)7-3-4-9(12)8(5-7)11(13,14)15/h3-5H,1H2,2H3. The molecule has 86 valence electrons. The molecule has 5 heteroatoms. The summed E-state index contributed by atoms with van der Waals surface area (Å²) in [7, 11) is 0. The van der Waals surface area contributed by atoms with E-state index in [1.165, 1.54) is 6.92 Å². The molecule has 0 fully saturated rings. The second-order valence-corrected chi connectivity index (χ2v) is 3.30. The van der Waals surface area contributed by atoms with Gasteiger partial charge in [-0.3, -0.25) is 4.79 Å². The van der Waals surface area contributed by atoms with Crippen LogP contribution in [0.3, 0.4) is 0 Å². The van der Waals surface area contributed by atoms with Gasteiger partial charge in [-0.2, -0.15) is 13.2 Å². The van der Waals surface area contributed by atoms with Gasteiger partial charge in [-0.15, -0.1) is 0 Å². The van der Waals surface area contributed by atoms with Crippen molar-refractivity contribution in [1.29, 1.82) is 0 Å². The van der Waals surface area contributed by atoms with Crippen LogP contribution in [0.25, 0.3) is 0 Å². The normalized spacial score (nSPS) is 11.3. The molecule has 1 nitrogen and oxygen atoms in total. The third-order valence-electron chi connectivity index (χ3n) is 1.92. The highest BCUT2D eigenvalue weighted by Gasteiger charge is 2.34. The van der Waals surface area contributed by atoms with Gasteiger partial charge in [-0.1, -0.05) is 6.58 Å². The van der Waals surface area contributed by atoms with Gasteiger partial charge in [0.2, 0.25) is 0 Å². The fourth-order valence-electron chi connectivity index (χ4n) is 1.13. The van der Waals surface area contributed by atoms with Gasteiger partial charge in [0.1, 0.15) is 5.82 Å². The fourth-order valence-corrected chi connectivity index (χ4v) is 1.13. The quantitative estimate of drug-likeness (QED) is 0.432. The zero-order valence-electron chi connectivity index (χ0n) is 8.36. The lowest BCUT2D eigenvalue weighted by molar-refractivity contribution is -0.140. The van der Waals surface area contributed by atoms with Crippen molar-refractivity contribution in [2.24, 2.45) is 0 Å². The summed E-state index contributed by atoms with van der Waals surface area (Å²) < 4.78 is 49.8. The van der Waals surface area contributed by atoms with E-state index in [0.29, 0.717) is 12.1 Å². The van der Waals surface area contributed by atoms with E-state index < -0.39 is 23.3 Å². The fraction of sp³-hybridized carbons (Fsp3) is 0.182. The lowest BCUT2D eigenvalue weighted by Crippen LogP contribution is -2.10. The highest BCUT2D eigenvalue weighted by Crippen LogP contribution is 2.32. The average Bonchev–Trinajstić information content (AvgIpc) is 2.15. The maximum absolute atomic E-state index is 12.9. The summed E-state index contributed by atoms with van der Waals surface area (Å²) in [6.45, 7) is 4.70. The van der Waals surface area contributed by atoms with E-state index in [1.54, 1.807) is 0 Å². The van der Waals surface area contributed by atoms with Crippen LogP contribution >= 0.6 is 0 Å². The van der Waals surface area contributed by atoms with Gasteiger partial charge in [0.05, 0.1) is 5.56 Å². The largest absolute Gasteiger partial charge is 0.419 e. The van der Waals surface area contributed by atoms with Crippen LogP contribution in [0.5, 0.6) is 0 Å². The Morgan fingerprint density at radius 2 is 1.88 bits per heavy atom. The van der Waals surface area contributed by atoms with Crippen LogP contribution in [0.2, 0.25) is 0 Å². The molecule has 0 radical (unpaired) electrons. The number of halogens is 4. The first-order valence-corrected chi connectivity index (χ1v) is 4.30. The highest BCUT2D eigenvalue weighted by atomic mass is 19.4. The van der Waals surface area contributed by atoms with E-state index in [1.807, 2.05) is 0 Å². The maximum Gasteiger partial charge on any atom is 0.419 e. The molecule has 0 heterocycles. The van der Waals surface area contributed by atoms with Gasteiger partial charge in [-0.25, -0.2) is 4.39 Å². The average molecular weight is 232 g/mol. The minimum atomic E-state index is -4.81. The Bertz CT molecular complexity index is 446. The second kappa shape index (κ2) is 4.08. The van der Waals surface area contributed by atoms with Crippen molar-refractivity contribution >= 4 is 5.78 Å². The first kappa shape index (κ1) is 12.4. The summed E-state index contributed by atoms with van der Waals surface area (Å²) in [5, 5.41) is 0. The van der Waals surface area contributed by atoms with E-state index in [4.69, 9.17) is 0 Å². The predicted octanol–water partition coefficient (Wildman–Crippen LogP) is 3.60. The minimum absolute atomic E-state index is 0.0970. The Morgan fingerprint density at radius 1 is 1.31 bits per heavy atom. The number of benzene rings is 1. The van der Waals surface area contributed by atoms with Crippen LogP contribution in [0, 0.1) is 5.82 Å². The van der Waals surface area contributed by atoms with Crippen molar-refractivity contribution in [1.82, 2.24) is 0 Å². The lowest BCUT2D eigenvalue weighted by atomic mass is 10.0. The van der Waals surface area contributed by atoms with E-state index in [-0.39, 0.29) is 11.1 Å². The van der Waals surface area contributed by atoms with Gasteiger partial charge in [0.25, 0.3) is 0 Å². The summed E-state index contributed by atoms with van der Waals surface area (Å²) in [5.41, 5.74) is -1.57. The van der Waals surface area contributed by atoms with Gasteiger partial charge in [0.15, 0.2) is 5.78 Å². The number of Topliss-reactive ketones (excluding diaryl/α,β-unsaturated/α-hetero) is 1. The molecule has 0 spiro atoms. The van der Waals surface area contributed by atoms with Gasteiger partial charge in [0, 0.05) is 5.56 Å². The Balaban J connectivity index is 3.28. The van der Waals surface area contributed by atoms with Crippen LogP contribution in [0.4, 0.5) is 17.6 Å². The molecule has 0 N–H and O–H groups in total. The van der Waals surface area contributed by atoms with E-state index in [0.717, 1.165) is 6.07 Å². The Hall–Kier alpha value is -1.65. The first-order valence-electron chi connectivity index (χ1n) is 4.30. The Labute approximate surface area is 89.4 Å². The number of carbonyl (C=O) groups excluding carboxylic acids is 1. The van der Waals surface area contributed by atoms with Crippen LogP contribution in [-0.4, -0.2) is 5.78 Å². The molecule has 0 aliphatic heterocycles. The molecular weight excluding hydrogens is 224 g/mol. The maximum atomic E-state index is 12.9. The summed E-state index contributed by atoms with van der Waals surface area (Å²) in [5.74, 6) is -2.03. The SMILES string of the molecule is C=C(C)C(=O)c1ccc(F)c(C(F)(F)F)c1. The van der Waals surface area contributed by atoms with E-state index >= 15 is 0 Å². The number of hydrogen-bond acceptors (Lipinski definition) is 1. The lowest BCUT2D eigenvalue weighted by Gasteiger charge is -2.09. The minimum Gasteiger partial charge on any atom is -0.289 e. The third-order valence-corrected chi connectivity index (χ3v) is 1.92. The summed E-state index contributed by atoms with van der Waals surface area (Å²) in [6, 6.07) is 2.12. The summed E-state index contributed by atoms with van der Waals surface area (Å²) in [6.07, 6.45) is -4.81. The number of alkyl halides is 3. The zero-order valence-corrected chi connectivity index (χ0v) is 8.36. The van der Waals surface area contributed by atoms with Gasteiger partial charge in [-0.05, 0) is 30.7 Å². The van der Waals surface area contributed by atoms with Crippen LogP contribution in [0.15, 0.2) is 30.4 Å². The molecule has 0 saturated heterocycles. The molecule has 1 rings (SSSR count). The first-order chi connectivity index (χ1) is 7.23. The molecule has 16 heavy (non-hydrogen) atoms. The molecule has 0 aliphatic rings. The van der Waals surface area contributed by atoms with Crippen molar-refractivity contribution in [3.63, 3.8) is 0 Å². The van der Waals surface area contributed by atoms with Gasteiger partial charge >= 0.3 is 6.18 Å². The molecule has 1 aromatic carbocycles. The third kappa shape index (κ3) is 2.48. The number of allylic oxidation sites excluding steroid dienone is 1. The Morgan fingerprint density at radius 3 is 2.31 bits per heavy atom. The molecule has 0 amide bonds. The number of ketones is 1. The summed E-state index contributed by atoms with van der Waals surface area (Å²) >= 11 is 0. The molecule has 0 aromatic heterocycles. The molecule has 0 unspecified atom stereocenters. The molecule has 0 aliphatic carbocycles. The topological polar surface area (TPSA) is 17.1 Å². The zero-order chi connectivity index (χ0) is 12.5. The number of hydrogen-bond donors (Lipinski definition) is 0. The van der Waals surface area contributed by atoms with E-state index in [2.05, 4.69) is 6.58 Å². The number of carbonyl (C=O) groups is 1. The number of rotatable bonds is 2. The van der Waals surface area contributed by atoms with E-state index in [9.17, 15) is 22.4 Å². The molecule has 1 aromatic rings. The highest BCUT2D eigenvalue weighted by molar-refractivity contribution is 6.07. The van der Waals surface area contributed by atoms with Crippen LogP contribution in [0.1, 0.15) is 22.8 Å². The second-order valence-electron chi connectivity index (χ2n) is 3.30. The van der Waals surface area contributed by atoms with Crippen molar-refractivity contribution in [3.05, 3.63) is 47.3 Å².